The van der Waals surface area contributed by atoms with E-state index in [1.165, 1.54) is 0 Å². The SMILES string of the molecule is COc1ccc(C2(c3ccc(OC)cc3)C=Cc3c(ccc4cc(OC)ccc34)O2)cc1. The highest BCUT2D eigenvalue weighted by molar-refractivity contribution is 5.94. The summed E-state index contributed by atoms with van der Waals surface area (Å²) in [5, 5.41) is 2.23. The highest BCUT2D eigenvalue weighted by Gasteiger charge is 2.37. The fraction of sp³-hybridized carbons (Fsp3) is 0.143. The molecule has 0 saturated carbocycles. The fourth-order valence-electron chi connectivity index (χ4n) is 4.26. The molecule has 4 aromatic carbocycles. The molecule has 1 aliphatic rings. The molecule has 0 fully saturated rings. The van der Waals surface area contributed by atoms with Gasteiger partial charge >= 0.3 is 0 Å². The van der Waals surface area contributed by atoms with Gasteiger partial charge in [-0.3, -0.25) is 0 Å². The van der Waals surface area contributed by atoms with E-state index in [-0.39, 0.29) is 0 Å². The smallest absolute Gasteiger partial charge is 0.178 e. The van der Waals surface area contributed by atoms with Crippen molar-refractivity contribution in [3.8, 4) is 23.0 Å². The van der Waals surface area contributed by atoms with Crippen LogP contribution in [0.5, 0.6) is 23.0 Å². The zero-order valence-corrected chi connectivity index (χ0v) is 18.3. The first kappa shape index (κ1) is 20.0. The molecule has 0 aromatic heterocycles. The van der Waals surface area contributed by atoms with Crippen molar-refractivity contribution in [2.45, 2.75) is 5.60 Å². The number of methoxy groups -OCH3 is 3. The molecule has 4 nitrogen and oxygen atoms in total. The minimum absolute atomic E-state index is 0.772. The summed E-state index contributed by atoms with van der Waals surface area (Å²) in [6.45, 7) is 0. The van der Waals surface area contributed by atoms with E-state index in [1.807, 2.05) is 66.7 Å². The van der Waals surface area contributed by atoms with Crippen molar-refractivity contribution in [2.75, 3.05) is 21.3 Å². The zero-order valence-electron chi connectivity index (χ0n) is 18.3. The standard InChI is InChI=1S/C28H24O4/c1-29-22-9-5-20(6-10-22)28(21-7-11-23(30-2)12-8-21)17-16-26-25-14-13-24(31-3)18-19(25)4-15-27(26)32-28/h4-18H,1-3H3. The molecule has 1 heterocycles. The predicted molar refractivity (Wildman–Crippen MR) is 127 cm³/mol. The van der Waals surface area contributed by atoms with Crippen molar-refractivity contribution in [2.24, 2.45) is 0 Å². The molecule has 0 aliphatic carbocycles. The number of fused-ring (bicyclic) bond motifs is 3. The molecule has 1 aliphatic heterocycles. The Labute approximate surface area is 187 Å². The summed E-state index contributed by atoms with van der Waals surface area (Å²) in [5.41, 5.74) is 2.31. The van der Waals surface area contributed by atoms with Gasteiger partial charge in [0.1, 0.15) is 23.0 Å². The Morgan fingerprint density at radius 3 is 1.75 bits per heavy atom. The van der Waals surface area contributed by atoms with Crippen molar-refractivity contribution >= 4 is 16.8 Å². The van der Waals surface area contributed by atoms with Crippen molar-refractivity contribution in [3.63, 3.8) is 0 Å². The number of ether oxygens (including phenoxy) is 4. The van der Waals surface area contributed by atoms with E-state index in [0.717, 1.165) is 50.5 Å². The maximum atomic E-state index is 6.80. The van der Waals surface area contributed by atoms with Crippen LogP contribution in [0.15, 0.2) is 84.9 Å². The molecule has 0 saturated heterocycles. The highest BCUT2D eigenvalue weighted by Crippen LogP contribution is 2.45. The summed E-state index contributed by atoms with van der Waals surface area (Å²) in [6, 6.07) is 26.2. The van der Waals surface area contributed by atoms with E-state index in [0.29, 0.717) is 0 Å². The monoisotopic (exact) mass is 424 g/mol. The minimum Gasteiger partial charge on any atom is -0.497 e. The Morgan fingerprint density at radius 2 is 1.19 bits per heavy atom. The lowest BCUT2D eigenvalue weighted by Crippen LogP contribution is -2.34. The summed E-state index contributed by atoms with van der Waals surface area (Å²) in [5.74, 6) is 3.28. The van der Waals surface area contributed by atoms with E-state index in [1.54, 1.807) is 21.3 Å². The fourth-order valence-corrected chi connectivity index (χ4v) is 4.26. The predicted octanol–water partition coefficient (Wildman–Crippen LogP) is 6.22. The Hall–Kier alpha value is -3.92. The lowest BCUT2D eigenvalue weighted by Gasteiger charge is -2.36. The van der Waals surface area contributed by atoms with Crippen molar-refractivity contribution in [1.82, 2.24) is 0 Å². The minimum atomic E-state index is -0.772. The van der Waals surface area contributed by atoms with Crippen molar-refractivity contribution in [3.05, 3.63) is 102 Å². The van der Waals surface area contributed by atoms with Gasteiger partial charge in [-0.2, -0.15) is 0 Å². The Balaban J connectivity index is 1.67. The first-order valence-corrected chi connectivity index (χ1v) is 10.4. The van der Waals surface area contributed by atoms with Gasteiger partial charge in [-0.25, -0.2) is 0 Å². The molecule has 0 bridgehead atoms. The average Bonchev–Trinajstić information content (AvgIpc) is 2.87. The number of benzene rings is 4. The van der Waals surface area contributed by atoms with Crippen molar-refractivity contribution < 1.29 is 18.9 Å². The van der Waals surface area contributed by atoms with Gasteiger partial charge in [0.25, 0.3) is 0 Å². The number of hydrogen-bond donors (Lipinski definition) is 0. The van der Waals surface area contributed by atoms with E-state index in [4.69, 9.17) is 18.9 Å². The average molecular weight is 424 g/mol. The first-order valence-electron chi connectivity index (χ1n) is 10.4. The third kappa shape index (κ3) is 3.25. The summed E-state index contributed by atoms with van der Waals surface area (Å²) in [4.78, 5) is 0. The van der Waals surface area contributed by atoms with Crippen LogP contribution in [0.4, 0.5) is 0 Å². The normalized spacial score (nSPS) is 13.8. The Kier molecular flexibility index (Phi) is 4.98. The number of rotatable bonds is 5. The van der Waals surface area contributed by atoms with Gasteiger partial charge in [0, 0.05) is 16.7 Å². The van der Waals surface area contributed by atoms with Crippen LogP contribution in [0, 0.1) is 0 Å². The Bertz CT molecular complexity index is 1240. The first-order chi connectivity index (χ1) is 15.7. The van der Waals surface area contributed by atoms with Gasteiger partial charge in [0.15, 0.2) is 5.60 Å². The zero-order chi connectivity index (χ0) is 22.1. The van der Waals surface area contributed by atoms with Crippen LogP contribution in [-0.2, 0) is 5.60 Å². The topological polar surface area (TPSA) is 36.9 Å². The van der Waals surface area contributed by atoms with Crippen LogP contribution in [0.3, 0.4) is 0 Å². The molecule has 0 radical (unpaired) electrons. The second-order valence-electron chi connectivity index (χ2n) is 7.69. The van der Waals surface area contributed by atoms with Crippen LogP contribution in [-0.4, -0.2) is 21.3 Å². The maximum Gasteiger partial charge on any atom is 0.178 e. The van der Waals surface area contributed by atoms with Crippen molar-refractivity contribution in [1.29, 1.82) is 0 Å². The van der Waals surface area contributed by atoms with Crippen LogP contribution < -0.4 is 18.9 Å². The van der Waals surface area contributed by atoms with Gasteiger partial charge in [0.05, 0.1) is 21.3 Å². The quantitative estimate of drug-likeness (QED) is 0.381. The van der Waals surface area contributed by atoms with Crippen LogP contribution in [0.25, 0.3) is 16.8 Å². The molecular formula is C28H24O4. The molecular weight excluding hydrogens is 400 g/mol. The lowest BCUT2D eigenvalue weighted by molar-refractivity contribution is 0.161. The third-order valence-corrected chi connectivity index (χ3v) is 6.02. The van der Waals surface area contributed by atoms with E-state index < -0.39 is 5.60 Å². The highest BCUT2D eigenvalue weighted by atomic mass is 16.5. The van der Waals surface area contributed by atoms with E-state index in [2.05, 4.69) is 24.3 Å². The summed E-state index contributed by atoms with van der Waals surface area (Å²) in [7, 11) is 5.02. The molecule has 5 rings (SSSR count). The van der Waals surface area contributed by atoms with Gasteiger partial charge in [-0.05, 0) is 71.5 Å². The summed E-state index contributed by atoms with van der Waals surface area (Å²) < 4.78 is 22.9. The van der Waals surface area contributed by atoms with Gasteiger partial charge in [-0.15, -0.1) is 0 Å². The molecule has 0 amide bonds. The van der Waals surface area contributed by atoms with Gasteiger partial charge < -0.3 is 18.9 Å². The Morgan fingerprint density at radius 1 is 0.625 bits per heavy atom. The maximum absolute atomic E-state index is 6.80. The van der Waals surface area contributed by atoms with E-state index >= 15 is 0 Å². The van der Waals surface area contributed by atoms with Crippen LogP contribution >= 0.6 is 0 Å². The van der Waals surface area contributed by atoms with Crippen LogP contribution in [0.2, 0.25) is 0 Å². The van der Waals surface area contributed by atoms with Crippen LogP contribution in [0.1, 0.15) is 16.7 Å². The molecule has 0 atom stereocenters. The second kappa shape index (κ2) is 7.97. The van der Waals surface area contributed by atoms with E-state index in [9.17, 15) is 0 Å². The molecule has 0 N–H and O–H groups in total. The molecule has 0 unspecified atom stereocenters. The number of hydrogen-bond acceptors (Lipinski definition) is 4. The second-order valence-corrected chi connectivity index (χ2v) is 7.69. The lowest BCUT2D eigenvalue weighted by atomic mass is 9.83. The largest absolute Gasteiger partial charge is 0.497 e. The summed E-state index contributed by atoms with van der Waals surface area (Å²) >= 11 is 0. The molecule has 32 heavy (non-hydrogen) atoms. The molecule has 4 heteroatoms. The molecule has 160 valence electrons. The van der Waals surface area contributed by atoms with Gasteiger partial charge in [0.2, 0.25) is 0 Å². The third-order valence-electron chi connectivity index (χ3n) is 6.02. The molecule has 0 spiro atoms. The summed E-state index contributed by atoms with van der Waals surface area (Å²) in [6.07, 6.45) is 4.28. The molecule has 4 aromatic rings. The van der Waals surface area contributed by atoms with Gasteiger partial charge in [-0.1, -0.05) is 30.3 Å².